The average Bonchev–Trinajstić information content (AvgIpc) is 2.83. The maximum Gasteiger partial charge on any atom is 0.328 e. The maximum absolute atomic E-state index is 12.2. The second-order valence-corrected chi connectivity index (χ2v) is 6.65. The molecule has 2 rings (SSSR count). The number of benzene rings is 1. The van der Waals surface area contributed by atoms with Gasteiger partial charge in [-0.05, 0) is 45.9 Å². The molecule has 21 heavy (non-hydrogen) atoms. The number of nitrogens with one attached hydrogen (secondary N) is 1. The third kappa shape index (κ3) is 4.01. The molecule has 1 heterocycles. The molecule has 0 aliphatic carbocycles. The number of thiazole rings is 1. The molecule has 0 aliphatic rings. The highest BCUT2D eigenvalue weighted by molar-refractivity contribution is 7.16. The number of esters is 1. The minimum Gasteiger partial charge on any atom is -0.458 e. The van der Waals surface area contributed by atoms with E-state index in [2.05, 4.69) is 10.3 Å². The van der Waals surface area contributed by atoms with Gasteiger partial charge >= 0.3 is 5.97 Å². The minimum atomic E-state index is -0.700. The van der Waals surface area contributed by atoms with Crippen LogP contribution in [0.5, 0.6) is 0 Å². The van der Waals surface area contributed by atoms with Gasteiger partial charge in [0.25, 0.3) is 5.91 Å². The van der Waals surface area contributed by atoms with Gasteiger partial charge in [0.2, 0.25) is 0 Å². The number of hydrogen-bond donors (Lipinski definition) is 1. The van der Waals surface area contributed by atoms with Crippen LogP contribution < -0.4 is 5.32 Å². The van der Waals surface area contributed by atoms with Crippen molar-refractivity contribution >= 4 is 33.4 Å². The Bertz CT molecular complexity index is 673. The number of nitrogens with zero attached hydrogens (tertiary/aromatic N) is 1. The molecule has 0 unspecified atom stereocenters. The molecule has 0 radical (unpaired) electrons. The molecule has 1 aromatic heterocycles. The van der Waals surface area contributed by atoms with Gasteiger partial charge in [0.1, 0.15) is 11.6 Å². The van der Waals surface area contributed by atoms with Crippen molar-refractivity contribution in [1.82, 2.24) is 10.3 Å². The number of aromatic nitrogens is 1. The van der Waals surface area contributed by atoms with Crippen molar-refractivity contribution in [2.45, 2.75) is 39.3 Å². The summed E-state index contributed by atoms with van der Waals surface area (Å²) >= 11 is 1.47. The zero-order valence-corrected chi connectivity index (χ0v) is 13.3. The normalized spacial score (nSPS) is 13.0. The van der Waals surface area contributed by atoms with Gasteiger partial charge in [0.15, 0.2) is 0 Å². The minimum absolute atomic E-state index is 0.302. The van der Waals surface area contributed by atoms with Crippen LogP contribution in [0.25, 0.3) is 10.2 Å². The molecule has 0 bridgehead atoms. The average molecular weight is 306 g/mol. The van der Waals surface area contributed by atoms with Gasteiger partial charge < -0.3 is 10.1 Å². The Morgan fingerprint density at radius 2 is 2.05 bits per heavy atom. The molecule has 5 nitrogen and oxygen atoms in total. The first kappa shape index (κ1) is 15.4. The van der Waals surface area contributed by atoms with Gasteiger partial charge in [0.05, 0.1) is 15.7 Å². The van der Waals surface area contributed by atoms with E-state index in [0.717, 1.165) is 10.2 Å². The van der Waals surface area contributed by atoms with Gasteiger partial charge in [-0.15, -0.1) is 11.3 Å². The molecule has 1 atom stereocenters. The smallest absolute Gasteiger partial charge is 0.328 e. The fourth-order valence-corrected chi connectivity index (χ4v) is 2.44. The third-order valence-electron chi connectivity index (χ3n) is 2.70. The summed E-state index contributed by atoms with van der Waals surface area (Å²) in [6.45, 7) is 6.97. The van der Waals surface area contributed by atoms with Crippen molar-refractivity contribution in [3.05, 3.63) is 29.3 Å². The zero-order valence-electron chi connectivity index (χ0n) is 12.5. The lowest BCUT2D eigenvalue weighted by atomic mass is 10.1. The summed E-state index contributed by atoms with van der Waals surface area (Å²) < 4.78 is 6.17. The molecule has 1 aromatic carbocycles. The predicted molar refractivity (Wildman–Crippen MR) is 82.4 cm³/mol. The number of carbonyl (C=O) groups is 2. The zero-order chi connectivity index (χ0) is 15.6. The summed E-state index contributed by atoms with van der Waals surface area (Å²) in [7, 11) is 0. The maximum atomic E-state index is 12.2. The van der Waals surface area contributed by atoms with Crippen LogP contribution in [0, 0.1) is 0 Å². The standard InChI is InChI=1S/C15H18N2O3S/c1-9(14(19)20-15(2,3)4)17-13(18)10-5-6-11-12(7-10)21-8-16-11/h5-9H,1-4H3,(H,17,18)/t9-/m0/s1. The van der Waals surface area contributed by atoms with E-state index in [9.17, 15) is 9.59 Å². The molecule has 6 heteroatoms. The van der Waals surface area contributed by atoms with Crippen LogP contribution >= 0.6 is 11.3 Å². The van der Waals surface area contributed by atoms with Crippen LogP contribution in [0.3, 0.4) is 0 Å². The lowest BCUT2D eigenvalue weighted by Gasteiger charge is -2.22. The summed E-state index contributed by atoms with van der Waals surface area (Å²) in [5.74, 6) is -0.752. The van der Waals surface area contributed by atoms with Crippen LogP contribution in [-0.2, 0) is 9.53 Å². The summed E-state index contributed by atoms with van der Waals surface area (Å²) in [4.78, 5) is 28.2. The number of ether oxygens (including phenoxy) is 1. The summed E-state index contributed by atoms with van der Waals surface area (Å²) in [5, 5.41) is 2.65. The molecule has 112 valence electrons. The van der Waals surface area contributed by atoms with E-state index < -0.39 is 17.6 Å². The van der Waals surface area contributed by atoms with E-state index in [1.54, 1.807) is 51.4 Å². The number of carbonyl (C=O) groups excluding carboxylic acids is 2. The molecule has 0 saturated heterocycles. The Kier molecular flexibility index (Phi) is 4.27. The van der Waals surface area contributed by atoms with Crippen molar-refractivity contribution in [2.75, 3.05) is 0 Å². The first-order valence-electron chi connectivity index (χ1n) is 6.63. The van der Waals surface area contributed by atoms with Gasteiger partial charge in [-0.3, -0.25) is 4.79 Å². The number of amides is 1. The molecule has 0 fully saturated rings. The summed E-state index contributed by atoms with van der Waals surface area (Å²) in [6.07, 6.45) is 0. The van der Waals surface area contributed by atoms with Crippen molar-refractivity contribution in [1.29, 1.82) is 0 Å². The quantitative estimate of drug-likeness (QED) is 0.885. The van der Waals surface area contributed by atoms with E-state index in [1.807, 2.05) is 0 Å². The highest BCUT2D eigenvalue weighted by atomic mass is 32.1. The fraction of sp³-hybridized carbons (Fsp3) is 0.400. The Morgan fingerprint density at radius 1 is 1.33 bits per heavy atom. The van der Waals surface area contributed by atoms with Gasteiger partial charge in [-0.1, -0.05) is 0 Å². The first-order chi connectivity index (χ1) is 9.76. The highest BCUT2D eigenvalue weighted by Crippen LogP contribution is 2.19. The molecule has 1 amide bonds. The Balaban J connectivity index is 2.04. The Labute approximate surface area is 127 Å². The molecular formula is C15H18N2O3S. The lowest BCUT2D eigenvalue weighted by Crippen LogP contribution is -2.42. The SMILES string of the molecule is C[C@H](NC(=O)c1ccc2ncsc2c1)C(=O)OC(C)(C)C. The van der Waals surface area contributed by atoms with Crippen LogP contribution in [-0.4, -0.2) is 28.5 Å². The topological polar surface area (TPSA) is 68.3 Å². The third-order valence-corrected chi connectivity index (χ3v) is 3.49. The molecule has 1 N–H and O–H groups in total. The Morgan fingerprint density at radius 3 is 2.71 bits per heavy atom. The van der Waals surface area contributed by atoms with E-state index in [1.165, 1.54) is 11.3 Å². The second-order valence-electron chi connectivity index (χ2n) is 5.76. The van der Waals surface area contributed by atoms with Crippen LogP contribution in [0.4, 0.5) is 0 Å². The van der Waals surface area contributed by atoms with Crippen LogP contribution in [0.2, 0.25) is 0 Å². The molecule has 0 saturated carbocycles. The van der Waals surface area contributed by atoms with Crippen molar-refractivity contribution < 1.29 is 14.3 Å². The monoisotopic (exact) mass is 306 g/mol. The molecule has 0 aliphatic heterocycles. The summed E-state index contributed by atoms with van der Waals surface area (Å²) in [5.41, 5.74) is 2.52. The fourth-order valence-electron chi connectivity index (χ4n) is 1.73. The van der Waals surface area contributed by atoms with Crippen molar-refractivity contribution in [2.24, 2.45) is 0 Å². The van der Waals surface area contributed by atoms with Crippen molar-refractivity contribution in [3.63, 3.8) is 0 Å². The van der Waals surface area contributed by atoms with Crippen LogP contribution in [0.1, 0.15) is 38.1 Å². The lowest BCUT2D eigenvalue weighted by molar-refractivity contribution is -0.156. The number of rotatable bonds is 3. The van der Waals surface area contributed by atoms with Crippen molar-refractivity contribution in [3.8, 4) is 0 Å². The van der Waals surface area contributed by atoms with Crippen LogP contribution in [0.15, 0.2) is 23.7 Å². The van der Waals surface area contributed by atoms with Gasteiger partial charge in [0, 0.05) is 5.56 Å². The van der Waals surface area contributed by atoms with E-state index in [0.29, 0.717) is 5.56 Å². The van der Waals surface area contributed by atoms with Gasteiger partial charge in [-0.2, -0.15) is 0 Å². The first-order valence-corrected chi connectivity index (χ1v) is 7.51. The van der Waals surface area contributed by atoms with E-state index in [4.69, 9.17) is 4.74 Å². The molecule has 2 aromatic rings. The Hall–Kier alpha value is -1.95. The molecule has 0 spiro atoms. The molecular weight excluding hydrogens is 288 g/mol. The highest BCUT2D eigenvalue weighted by Gasteiger charge is 2.23. The van der Waals surface area contributed by atoms with E-state index >= 15 is 0 Å². The summed E-state index contributed by atoms with van der Waals surface area (Å²) in [6, 6.07) is 4.55. The van der Waals surface area contributed by atoms with Gasteiger partial charge in [-0.25, -0.2) is 9.78 Å². The second kappa shape index (κ2) is 5.81. The number of hydrogen-bond acceptors (Lipinski definition) is 5. The van der Waals surface area contributed by atoms with E-state index in [-0.39, 0.29) is 5.91 Å². The largest absolute Gasteiger partial charge is 0.458 e. The number of fused-ring (bicyclic) bond motifs is 1. The predicted octanol–water partition coefficient (Wildman–Crippen LogP) is 2.76.